The number of carbonyl (C=O) groups is 2. The molecular formula is C16H13F4N3O3S. The molecule has 144 valence electrons. The van der Waals surface area contributed by atoms with Crippen LogP contribution in [0.4, 0.5) is 28.0 Å². The molecule has 3 rings (SSSR count). The van der Waals surface area contributed by atoms with Crippen molar-refractivity contribution < 1.29 is 32.4 Å². The maximum atomic E-state index is 13.8. The van der Waals surface area contributed by atoms with Gasteiger partial charge in [-0.25, -0.2) is 14.7 Å². The summed E-state index contributed by atoms with van der Waals surface area (Å²) < 4.78 is 52.1. The van der Waals surface area contributed by atoms with Crippen molar-refractivity contribution in [2.45, 2.75) is 19.1 Å². The van der Waals surface area contributed by atoms with Gasteiger partial charge in [-0.05, 0) is 36.2 Å². The second-order valence-corrected chi connectivity index (χ2v) is 6.93. The molecule has 0 saturated heterocycles. The van der Waals surface area contributed by atoms with Gasteiger partial charge >= 0.3 is 12.2 Å². The number of fused-ring (bicyclic) bond motifs is 1. The van der Waals surface area contributed by atoms with E-state index in [2.05, 4.69) is 5.32 Å². The highest BCUT2D eigenvalue weighted by atomic mass is 32.1. The van der Waals surface area contributed by atoms with Crippen LogP contribution < -0.4 is 10.8 Å². The Hall–Kier alpha value is -2.66. The number of hydrogen-bond donors (Lipinski definition) is 3. The quantitative estimate of drug-likeness (QED) is 0.407. The molecule has 1 aromatic carbocycles. The Bertz CT molecular complexity index is 898. The van der Waals surface area contributed by atoms with Crippen molar-refractivity contribution in [3.8, 4) is 0 Å². The zero-order chi connectivity index (χ0) is 19.8. The van der Waals surface area contributed by atoms with Gasteiger partial charge in [-0.15, -0.1) is 11.3 Å². The van der Waals surface area contributed by atoms with Gasteiger partial charge in [0.25, 0.3) is 5.91 Å². The van der Waals surface area contributed by atoms with Gasteiger partial charge in [-0.2, -0.15) is 13.2 Å². The van der Waals surface area contributed by atoms with Crippen LogP contribution in [0.5, 0.6) is 0 Å². The summed E-state index contributed by atoms with van der Waals surface area (Å²) in [6.45, 7) is 0.363. The molecule has 27 heavy (non-hydrogen) atoms. The topological polar surface area (TPSA) is 81.7 Å². The molecular weight excluding hydrogens is 390 g/mol. The third-order valence-corrected chi connectivity index (χ3v) is 5.19. The third-order valence-electron chi connectivity index (χ3n) is 4.03. The van der Waals surface area contributed by atoms with Gasteiger partial charge < -0.3 is 10.2 Å². The second-order valence-electron chi connectivity index (χ2n) is 5.79. The molecule has 0 fully saturated rings. The second kappa shape index (κ2) is 7.16. The Morgan fingerprint density at radius 1 is 1.22 bits per heavy atom. The average Bonchev–Trinajstić information content (AvgIpc) is 3.05. The normalized spacial score (nSPS) is 13.9. The molecule has 3 amide bonds. The van der Waals surface area contributed by atoms with Gasteiger partial charge in [0.05, 0.1) is 22.7 Å². The molecule has 0 radical (unpaired) electrons. The van der Waals surface area contributed by atoms with Crippen molar-refractivity contribution >= 4 is 29.0 Å². The van der Waals surface area contributed by atoms with E-state index >= 15 is 0 Å². The van der Waals surface area contributed by atoms with Crippen LogP contribution in [0, 0.1) is 5.82 Å². The van der Waals surface area contributed by atoms with Crippen LogP contribution >= 0.6 is 11.3 Å². The van der Waals surface area contributed by atoms with Gasteiger partial charge in [0.1, 0.15) is 5.82 Å². The van der Waals surface area contributed by atoms with Crippen LogP contribution in [0.1, 0.15) is 25.7 Å². The number of thiophene rings is 1. The summed E-state index contributed by atoms with van der Waals surface area (Å²) in [6, 6.07) is 2.63. The Kier molecular flexibility index (Phi) is 5.07. The first-order valence-corrected chi connectivity index (χ1v) is 8.49. The largest absolute Gasteiger partial charge is 0.416 e. The smallest absolute Gasteiger partial charge is 0.319 e. The number of rotatable bonds is 2. The average molecular weight is 403 g/mol. The highest BCUT2D eigenvalue weighted by Crippen LogP contribution is 2.32. The molecule has 0 unspecified atom stereocenters. The molecule has 0 saturated carbocycles. The number of benzene rings is 1. The van der Waals surface area contributed by atoms with Crippen LogP contribution in [0.25, 0.3) is 0 Å². The molecule has 2 heterocycles. The van der Waals surface area contributed by atoms with Crippen molar-refractivity contribution in [1.82, 2.24) is 10.4 Å². The predicted molar refractivity (Wildman–Crippen MR) is 88.1 cm³/mol. The van der Waals surface area contributed by atoms with E-state index in [0.29, 0.717) is 29.5 Å². The van der Waals surface area contributed by atoms with Gasteiger partial charge in [0.15, 0.2) is 0 Å². The van der Waals surface area contributed by atoms with E-state index < -0.39 is 35.2 Å². The minimum Gasteiger partial charge on any atom is -0.319 e. The summed E-state index contributed by atoms with van der Waals surface area (Å²) >= 11 is 1.09. The Morgan fingerprint density at radius 2 is 1.96 bits per heavy atom. The summed E-state index contributed by atoms with van der Waals surface area (Å²) in [7, 11) is 0. The molecule has 0 spiro atoms. The fourth-order valence-corrected chi connectivity index (χ4v) is 3.77. The van der Waals surface area contributed by atoms with Gasteiger partial charge in [0, 0.05) is 11.4 Å². The number of carbonyl (C=O) groups excluding carboxylic acids is 2. The molecule has 2 aromatic rings. The van der Waals surface area contributed by atoms with Crippen LogP contribution in [0.2, 0.25) is 0 Å². The SMILES string of the molecule is O=C(NO)c1cc2c(s1)CN(C(=O)Nc1cc(C(F)(F)F)ccc1F)CC2. The monoisotopic (exact) mass is 403 g/mol. The van der Waals surface area contributed by atoms with Crippen molar-refractivity contribution in [1.29, 1.82) is 0 Å². The third kappa shape index (κ3) is 4.03. The van der Waals surface area contributed by atoms with Crippen LogP contribution in [0.3, 0.4) is 0 Å². The Labute approximate surface area is 154 Å². The van der Waals surface area contributed by atoms with Crippen LogP contribution in [0.15, 0.2) is 24.3 Å². The first-order chi connectivity index (χ1) is 12.7. The number of halogens is 4. The number of anilines is 1. The number of urea groups is 1. The number of amides is 3. The van der Waals surface area contributed by atoms with Crippen molar-refractivity contribution in [2.75, 3.05) is 11.9 Å². The Morgan fingerprint density at radius 3 is 2.63 bits per heavy atom. The lowest BCUT2D eigenvalue weighted by molar-refractivity contribution is -0.137. The number of nitrogens with zero attached hydrogens (tertiary/aromatic N) is 1. The summed E-state index contributed by atoms with van der Waals surface area (Å²) in [6.07, 6.45) is -4.24. The van der Waals surface area contributed by atoms with E-state index in [1.54, 1.807) is 6.07 Å². The zero-order valence-electron chi connectivity index (χ0n) is 13.6. The fourth-order valence-electron chi connectivity index (χ4n) is 2.65. The minimum atomic E-state index is -4.66. The summed E-state index contributed by atoms with van der Waals surface area (Å²) in [5, 5.41) is 10.8. The molecule has 1 aromatic heterocycles. The molecule has 3 N–H and O–H groups in total. The number of hydrogen-bond acceptors (Lipinski definition) is 4. The van der Waals surface area contributed by atoms with E-state index in [4.69, 9.17) is 5.21 Å². The van der Waals surface area contributed by atoms with Crippen LogP contribution in [-0.2, 0) is 19.1 Å². The highest BCUT2D eigenvalue weighted by Gasteiger charge is 2.32. The van der Waals surface area contributed by atoms with E-state index in [9.17, 15) is 27.2 Å². The summed E-state index contributed by atoms with van der Waals surface area (Å²) in [5.74, 6) is -1.65. The van der Waals surface area contributed by atoms with Gasteiger partial charge in [0.2, 0.25) is 0 Å². The van der Waals surface area contributed by atoms with Gasteiger partial charge in [-0.3, -0.25) is 10.0 Å². The summed E-state index contributed by atoms with van der Waals surface area (Å²) in [5.41, 5.74) is 0.732. The predicted octanol–water partition coefficient (Wildman–Crippen LogP) is 3.62. The number of hydroxylamine groups is 1. The van der Waals surface area contributed by atoms with Gasteiger partial charge in [-0.1, -0.05) is 0 Å². The highest BCUT2D eigenvalue weighted by molar-refractivity contribution is 7.14. The minimum absolute atomic E-state index is 0.116. The zero-order valence-corrected chi connectivity index (χ0v) is 14.4. The molecule has 0 atom stereocenters. The fraction of sp³-hybridized carbons (Fsp3) is 0.250. The maximum absolute atomic E-state index is 13.8. The molecule has 0 aliphatic carbocycles. The Balaban J connectivity index is 1.74. The van der Waals surface area contributed by atoms with E-state index in [-0.39, 0.29) is 18.0 Å². The number of alkyl halides is 3. The lowest BCUT2D eigenvalue weighted by Crippen LogP contribution is -2.38. The molecule has 11 heteroatoms. The first kappa shape index (κ1) is 19.1. The molecule has 0 bridgehead atoms. The molecule has 1 aliphatic rings. The van der Waals surface area contributed by atoms with E-state index in [0.717, 1.165) is 16.9 Å². The lowest BCUT2D eigenvalue weighted by atomic mass is 10.1. The molecule has 1 aliphatic heterocycles. The van der Waals surface area contributed by atoms with Crippen molar-refractivity contribution in [3.05, 3.63) is 51.0 Å². The van der Waals surface area contributed by atoms with Crippen molar-refractivity contribution in [2.24, 2.45) is 0 Å². The summed E-state index contributed by atoms with van der Waals surface area (Å²) in [4.78, 5) is 26.1. The van der Waals surface area contributed by atoms with Crippen LogP contribution in [-0.4, -0.2) is 28.6 Å². The lowest BCUT2D eigenvalue weighted by Gasteiger charge is -2.27. The standard InChI is InChI=1S/C16H13F4N3O3S/c17-10-2-1-9(16(18,19)20)6-11(10)21-15(25)23-4-3-8-5-12(14(24)22-26)27-13(8)7-23/h1-2,5-6,26H,3-4,7H2,(H,21,25)(H,22,24). The number of nitrogens with one attached hydrogen (secondary N) is 2. The van der Waals surface area contributed by atoms with Crippen molar-refractivity contribution in [3.63, 3.8) is 0 Å². The maximum Gasteiger partial charge on any atom is 0.416 e. The molecule has 6 nitrogen and oxygen atoms in total. The first-order valence-electron chi connectivity index (χ1n) is 7.67. The van der Waals surface area contributed by atoms with E-state index in [1.807, 2.05) is 0 Å². The van der Waals surface area contributed by atoms with E-state index in [1.165, 1.54) is 10.4 Å².